The predicted octanol–water partition coefficient (Wildman–Crippen LogP) is 2.21. The highest BCUT2D eigenvalue weighted by Crippen LogP contribution is 2.19. The second-order valence-electron chi connectivity index (χ2n) is 5.38. The summed E-state index contributed by atoms with van der Waals surface area (Å²) in [5.41, 5.74) is 2.21. The van der Waals surface area contributed by atoms with Gasteiger partial charge in [0.05, 0.1) is 13.0 Å². The van der Waals surface area contributed by atoms with Crippen molar-refractivity contribution in [1.29, 1.82) is 0 Å². The Bertz CT molecular complexity index is 445. The number of aliphatic hydroxyl groups excluding tert-OH is 1. The molecule has 2 unspecified atom stereocenters. The van der Waals surface area contributed by atoms with Crippen molar-refractivity contribution in [1.82, 2.24) is 5.32 Å². The fourth-order valence-corrected chi connectivity index (χ4v) is 1.74. The van der Waals surface area contributed by atoms with Crippen molar-refractivity contribution in [3.05, 3.63) is 29.3 Å². The molecule has 2 N–H and O–H groups in total. The van der Waals surface area contributed by atoms with E-state index in [1.165, 1.54) is 0 Å². The van der Waals surface area contributed by atoms with Crippen molar-refractivity contribution < 1.29 is 14.6 Å². The monoisotopic (exact) mass is 279 g/mol. The fourth-order valence-electron chi connectivity index (χ4n) is 1.74. The van der Waals surface area contributed by atoms with Gasteiger partial charge in [-0.05, 0) is 43.9 Å². The van der Waals surface area contributed by atoms with Gasteiger partial charge >= 0.3 is 0 Å². The van der Waals surface area contributed by atoms with Gasteiger partial charge in [0.1, 0.15) is 5.75 Å². The minimum atomic E-state index is -0.0527. The van der Waals surface area contributed by atoms with Crippen LogP contribution in [0.2, 0.25) is 0 Å². The van der Waals surface area contributed by atoms with Crippen LogP contribution in [0, 0.1) is 19.8 Å². The lowest BCUT2D eigenvalue weighted by molar-refractivity contribution is -0.122. The lowest BCUT2D eigenvalue weighted by Gasteiger charge is -2.19. The van der Waals surface area contributed by atoms with Gasteiger partial charge in [-0.25, -0.2) is 0 Å². The Hall–Kier alpha value is -1.55. The number of ether oxygens (including phenoxy) is 1. The maximum absolute atomic E-state index is 11.7. The van der Waals surface area contributed by atoms with E-state index >= 15 is 0 Å². The van der Waals surface area contributed by atoms with E-state index in [2.05, 4.69) is 5.32 Å². The Morgan fingerprint density at radius 2 is 2.05 bits per heavy atom. The van der Waals surface area contributed by atoms with Crippen molar-refractivity contribution in [3.8, 4) is 5.75 Å². The molecule has 1 amide bonds. The van der Waals surface area contributed by atoms with Gasteiger partial charge in [0, 0.05) is 12.6 Å². The van der Waals surface area contributed by atoms with Gasteiger partial charge in [-0.1, -0.05) is 19.1 Å². The molecule has 1 rings (SSSR count). The minimum absolute atomic E-state index is 0.0341. The number of aryl methyl sites for hydroxylation is 2. The van der Waals surface area contributed by atoms with Crippen LogP contribution in [0.15, 0.2) is 18.2 Å². The Balaban J connectivity index is 2.37. The van der Waals surface area contributed by atoms with Crippen molar-refractivity contribution in [3.63, 3.8) is 0 Å². The molecule has 0 saturated heterocycles. The van der Waals surface area contributed by atoms with E-state index in [1.54, 1.807) is 0 Å². The minimum Gasteiger partial charge on any atom is -0.493 e. The molecule has 0 aliphatic heterocycles. The van der Waals surface area contributed by atoms with Crippen molar-refractivity contribution >= 4 is 5.91 Å². The first-order valence-electron chi connectivity index (χ1n) is 7.04. The van der Waals surface area contributed by atoms with Crippen LogP contribution in [0.1, 0.15) is 31.4 Å². The summed E-state index contributed by atoms with van der Waals surface area (Å²) in [7, 11) is 0. The van der Waals surface area contributed by atoms with Crippen molar-refractivity contribution in [2.45, 2.75) is 40.2 Å². The van der Waals surface area contributed by atoms with E-state index in [0.717, 1.165) is 16.9 Å². The molecule has 112 valence electrons. The quantitative estimate of drug-likeness (QED) is 0.804. The number of amides is 1. The van der Waals surface area contributed by atoms with E-state index in [1.807, 2.05) is 45.9 Å². The molecule has 0 fully saturated rings. The molecule has 0 saturated carbocycles. The summed E-state index contributed by atoms with van der Waals surface area (Å²) in [6.45, 7) is 8.22. The average molecular weight is 279 g/mol. The molecular weight excluding hydrogens is 254 g/mol. The molecule has 0 aromatic heterocycles. The standard InChI is InChI=1S/C16H25NO3/c1-11-5-6-12(2)15(9-11)20-8-7-16(19)17-14(4)13(3)10-18/h5-6,9,13-14,18H,7-8,10H2,1-4H3,(H,17,19). The van der Waals surface area contributed by atoms with E-state index in [9.17, 15) is 4.79 Å². The summed E-state index contributed by atoms with van der Waals surface area (Å²) in [6.07, 6.45) is 0.315. The summed E-state index contributed by atoms with van der Waals surface area (Å²) in [5, 5.41) is 11.9. The number of carbonyl (C=O) groups excluding carboxylic acids is 1. The summed E-state index contributed by atoms with van der Waals surface area (Å²) in [6, 6.07) is 5.99. The molecule has 2 atom stereocenters. The average Bonchev–Trinajstić information content (AvgIpc) is 2.41. The Kier molecular flexibility index (Phi) is 6.52. The lowest BCUT2D eigenvalue weighted by atomic mass is 10.1. The largest absolute Gasteiger partial charge is 0.493 e. The number of carbonyl (C=O) groups is 1. The highest BCUT2D eigenvalue weighted by molar-refractivity contribution is 5.76. The number of hydrogen-bond donors (Lipinski definition) is 2. The van der Waals surface area contributed by atoms with Crippen LogP contribution in [0.3, 0.4) is 0 Å². The topological polar surface area (TPSA) is 58.6 Å². The number of aliphatic hydroxyl groups is 1. The number of rotatable bonds is 7. The highest BCUT2D eigenvalue weighted by Gasteiger charge is 2.13. The van der Waals surface area contributed by atoms with Gasteiger partial charge in [0.25, 0.3) is 0 Å². The first-order chi connectivity index (χ1) is 9.43. The third-order valence-corrected chi connectivity index (χ3v) is 3.46. The number of hydrogen-bond acceptors (Lipinski definition) is 3. The molecule has 1 aromatic carbocycles. The number of nitrogens with one attached hydrogen (secondary N) is 1. The maximum Gasteiger partial charge on any atom is 0.223 e. The summed E-state index contributed by atoms with van der Waals surface area (Å²) < 4.78 is 5.65. The van der Waals surface area contributed by atoms with Crippen LogP contribution in [0.4, 0.5) is 0 Å². The zero-order valence-electron chi connectivity index (χ0n) is 12.8. The van der Waals surface area contributed by atoms with E-state index in [0.29, 0.717) is 13.0 Å². The molecule has 0 spiro atoms. The SMILES string of the molecule is Cc1ccc(C)c(OCCC(=O)NC(C)C(C)CO)c1. The van der Waals surface area contributed by atoms with Crippen LogP contribution >= 0.6 is 0 Å². The van der Waals surface area contributed by atoms with Gasteiger partial charge in [0.15, 0.2) is 0 Å². The molecular formula is C16H25NO3. The summed E-state index contributed by atoms with van der Waals surface area (Å²) in [4.78, 5) is 11.7. The Morgan fingerprint density at radius 1 is 1.35 bits per heavy atom. The second-order valence-corrected chi connectivity index (χ2v) is 5.38. The first-order valence-corrected chi connectivity index (χ1v) is 7.04. The zero-order valence-corrected chi connectivity index (χ0v) is 12.8. The van der Waals surface area contributed by atoms with Gasteiger partial charge in [-0.2, -0.15) is 0 Å². The maximum atomic E-state index is 11.7. The summed E-state index contributed by atoms with van der Waals surface area (Å²) >= 11 is 0. The van der Waals surface area contributed by atoms with E-state index in [4.69, 9.17) is 9.84 Å². The van der Waals surface area contributed by atoms with Gasteiger partial charge in [0.2, 0.25) is 5.91 Å². The fraction of sp³-hybridized carbons (Fsp3) is 0.562. The Labute approximate surface area is 121 Å². The smallest absolute Gasteiger partial charge is 0.223 e. The third-order valence-electron chi connectivity index (χ3n) is 3.46. The molecule has 0 radical (unpaired) electrons. The zero-order chi connectivity index (χ0) is 15.1. The molecule has 0 aliphatic rings. The second kappa shape index (κ2) is 7.90. The van der Waals surface area contributed by atoms with Crippen molar-refractivity contribution in [2.75, 3.05) is 13.2 Å². The van der Waals surface area contributed by atoms with Crippen LogP contribution in [0.25, 0.3) is 0 Å². The molecule has 0 heterocycles. The summed E-state index contributed by atoms with van der Waals surface area (Å²) in [5.74, 6) is 0.830. The van der Waals surface area contributed by atoms with Crippen LogP contribution in [-0.4, -0.2) is 30.3 Å². The van der Waals surface area contributed by atoms with Crippen molar-refractivity contribution in [2.24, 2.45) is 5.92 Å². The molecule has 4 heteroatoms. The predicted molar refractivity (Wildman–Crippen MR) is 79.9 cm³/mol. The van der Waals surface area contributed by atoms with Crippen LogP contribution < -0.4 is 10.1 Å². The van der Waals surface area contributed by atoms with Gasteiger partial charge in [-0.15, -0.1) is 0 Å². The van der Waals surface area contributed by atoms with Crippen LogP contribution in [-0.2, 0) is 4.79 Å². The lowest BCUT2D eigenvalue weighted by Crippen LogP contribution is -2.38. The van der Waals surface area contributed by atoms with Crippen LogP contribution in [0.5, 0.6) is 5.75 Å². The molecule has 20 heavy (non-hydrogen) atoms. The highest BCUT2D eigenvalue weighted by atomic mass is 16.5. The third kappa shape index (κ3) is 5.21. The van der Waals surface area contributed by atoms with E-state index < -0.39 is 0 Å². The molecule has 0 bridgehead atoms. The number of benzene rings is 1. The Morgan fingerprint density at radius 3 is 2.70 bits per heavy atom. The molecule has 0 aliphatic carbocycles. The van der Waals surface area contributed by atoms with Gasteiger partial charge < -0.3 is 15.2 Å². The molecule has 4 nitrogen and oxygen atoms in total. The molecule has 1 aromatic rings. The van der Waals surface area contributed by atoms with Gasteiger partial charge in [-0.3, -0.25) is 4.79 Å². The first kappa shape index (κ1) is 16.5. The normalized spacial score (nSPS) is 13.7. The van der Waals surface area contributed by atoms with E-state index in [-0.39, 0.29) is 24.5 Å².